The number of anilines is 1. The SMILES string of the molecule is CC(C)C(C)NC(=O)CN(Cc1ccccc1)c1nc(Cc2ccccc2)ns1. The summed E-state index contributed by atoms with van der Waals surface area (Å²) in [5, 5.41) is 3.86. The van der Waals surface area contributed by atoms with E-state index in [9.17, 15) is 4.79 Å². The molecule has 1 N–H and O–H groups in total. The first kappa shape index (κ1) is 21.0. The van der Waals surface area contributed by atoms with Crippen LogP contribution in [0.25, 0.3) is 0 Å². The van der Waals surface area contributed by atoms with Gasteiger partial charge in [-0.25, -0.2) is 4.98 Å². The molecule has 1 amide bonds. The highest BCUT2D eigenvalue weighted by molar-refractivity contribution is 7.09. The Morgan fingerprint density at radius 3 is 2.24 bits per heavy atom. The Hall–Kier alpha value is -2.73. The van der Waals surface area contributed by atoms with Crippen molar-refractivity contribution in [3.05, 3.63) is 77.6 Å². The van der Waals surface area contributed by atoms with Crippen molar-refractivity contribution in [2.45, 2.75) is 39.8 Å². The van der Waals surface area contributed by atoms with Crippen LogP contribution in [0.2, 0.25) is 0 Å². The second kappa shape index (κ2) is 10.2. The molecule has 1 aromatic heterocycles. The largest absolute Gasteiger partial charge is 0.352 e. The van der Waals surface area contributed by atoms with Crippen LogP contribution in [-0.4, -0.2) is 27.9 Å². The van der Waals surface area contributed by atoms with Crippen molar-refractivity contribution < 1.29 is 4.79 Å². The molecule has 2 aromatic carbocycles. The molecular weight excluding hydrogens is 380 g/mol. The third kappa shape index (κ3) is 6.39. The number of carbonyl (C=O) groups excluding carboxylic acids is 1. The summed E-state index contributed by atoms with van der Waals surface area (Å²) in [6.45, 7) is 7.11. The lowest BCUT2D eigenvalue weighted by Crippen LogP contribution is -2.42. The van der Waals surface area contributed by atoms with Gasteiger partial charge in [0, 0.05) is 30.5 Å². The number of aromatic nitrogens is 2. The molecule has 0 spiro atoms. The molecule has 0 aliphatic carbocycles. The molecule has 6 heteroatoms. The van der Waals surface area contributed by atoms with E-state index >= 15 is 0 Å². The van der Waals surface area contributed by atoms with Crippen LogP contribution < -0.4 is 10.2 Å². The van der Waals surface area contributed by atoms with Gasteiger partial charge in [-0.1, -0.05) is 74.5 Å². The van der Waals surface area contributed by atoms with E-state index in [1.165, 1.54) is 17.1 Å². The smallest absolute Gasteiger partial charge is 0.239 e. The molecule has 0 aliphatic heterocycles. The second-order valence-corrected chi connectivity index (χ2v) is 8.33. The number of nitrogens with one attached hydrogen (secondary N) is 1. The van der Waals surface area contributed by atoms with Crippen LogP contribution in [0, 0.1) is 5.92 Å². The van der Waals surface area contributed by atoms with Crippen LogP contribution in [0.1, 0.15) is 37.7 Å². The minimum Gasteiger partial charge on any atom is -0.352 e. The highest BCUT2D eigenvalue weighted by atomic mass is 32.1. The van der Waals surface area contributed by atoms with Gasteiger partial charge in [-0.05, 0) is 24.0 Å². The monoisotopic (exact) mass is 408 g/mol. The zero-order valence-electron chi connectivity index (χ0n) is 17.2. The summed E-state index contributed by atoms with van der Waals surface area (Å²) in [7, 11) is 0. The summed E-state index contributed by atoms with van der Waals surface area (Å²) in [5.41, 5.74) is 2.31. The standard InChI is InChI=1S/C23H28N4OS/c1-17(2)18(3)24-22(28)16-27(15-20-12-8-5-9-13-20)23-25-21(26-29-23)14-19-10-6-4-7-11-19/h4-13,17-18H,14-16H2,1-3H3,(H,24,28). The minimum atomic E-state index is 0.00180. The fourth-order valence-corrected chi connectivity index (χ4v) is 3.54. The lowest BCUT2D eigenvalue weighted by molar-refractivity contribution is -0.120. The van der Waals surface area contributed by atoms with Crippen LogP contribution in [-0.2, 0) is 17.8 Å². The van der Waals surface area contributed by atoms with Gasteiger partial charge in [-0.15, -0.1) is 0 Å². The molecule has 0 bridgehead atoms. The van der Waals surface area contributed by atoms with Gasteiger partial charge in [-0.3, -0.25) is 4.79 Å². The average Bonchev–Trinajstić information content (AvgIpc) is 3.17. The normalized spacial score (nSPS) is 12.0. The summed E-state index contributed by atoms with van der Waals surface area (Å²) < 4.78 is 4.53. The summed E-state index contributed by atoms with van der Waals surface area (Å²) in [5.74, 6) is 1.17. The number of nitrogens with zero attached hydrogens (tertiary/aromatic N) is 3. The molecule has 0 saturated heterocycles. The first-order chi connectivity index (χ1) is 14.0. The Balaban J connectivity index is 1.74. The second-order valence-electron chi connectivity index (χ2n) is 7.60. The first-order valence-corrected chi connectivity index (χ1v) is 10.7. The van der Waals surface area contributed by atoms with E-state index in [0.29, 0.717) is 18.9 Å². The Kier molecular flexibility index (Phi) is 7.36. The fraction of sp³-hybridized carbons (Fsp3) is 0.348. The summed E-state index contributed by atoms with van der Waals surface area (Å²) >= 11 is 1.35. The van der Waals surface area contributed by atoms with E-state index < -0.39 is 0 Å². The van der Waals surface area contributed by atoms with Crippen LogP contribution in [0.4, 0.5) is 5.13 Å². The Labute approximate surface area is 177 Å². The highest BCUT2D eigenvalue weighted by Gasteiger charge is 2.19. The quantitative estimate of drug-likeness (QED) is 0.574. The van der Waals surface area contributed by atoms with Crippen molar-refractivity contribution in [1.29, 1.82) is 0 Å². The van der Waals surface area contributed by atoms with Gasteiger partial charge in [0.2, 0.25) is 11.0 Å². The van der Waals surface area contributed by atoms with Crippen molar-refractivity contribution >= 4 is 22.6 Å². The number of benzene rings is 2. The van der Waals surface area contributed by atoms with Crippen LogP contribution in [0.3, 0.4) is 0 Å². The average molecular weight is 409 g/mol. The first-order valence-electron chi connectivity index (χ1n) is 9.96. The van der Waals surface area contributed by atoms with Crippen molar-refractivity contribution in [3.63, 3.8) is 0 Å². The van der Waals surface area contributed by atoms with Gasteiger partial charge in [0.15, 0.2) is 0 Å². The number of rotatable bonds is 9. The van der Waals surface area contributed by atoms with E-state index in [4.69, 9.17) is 4.98 Å². The maximum Gasteiger partial charge on any atom is 0.239 e. The van der Waals surface area contributed by atoms with E-state index in [-0.39, 0.29) is 18.5 Å². The number of hydrogen-bond acceptors (Lipinski definition) is 5. The van der Waals surface area contributed by atoms with E-state index in [1.807, 2.05) is 48.2 Å². The van der Waals surface area contributed by atoms with Crippen LogP contribution >= 0.6 is 11.5 Å². The lowest BCUT2D eigenvalue weighted by Gasteiger charge is -2.23. The number of amides is 1. The summed E-state index contributed by atoms with van der Waals surface area (Å²) in [4.78, 5) is 19.4. The molecule has 3 aromatic rings. The molecule has 1 atom stereocenters. The molecule has 29 heavy (non-hydrogen) atoms. The van der Waals surface area contributed by atoms with Crippen molar-refractivity contribution in [3.8, 4) is 0 Å². The number of carbonyl (C=O) groups is 1. The van der Waals surface area contributed by atoms with Gasteiger partial charge in [0.05, 0.1) is 6.54 Å². The molecule has 0 aliphatic rings. The Bertz CT molecular complexity index is 896. The maximum absolute atomic E-state index is 12.6. The number of hydrogen-bond donors (Lipinski definition) is 1. The Morgan fingerprint density at radius 1 is 1.00 bits per heavy atom. The topological polar surface area (TPSA) is 58.1 Å². The molecule has 3 rings (SSSR count). The molecule has 1 heterocycles. The predicted octanol–water partition coefficient (Wildman–Crippen LogP) is 4.30. The van der Waals surface area contributed by atoms with Gasteiger partial charge >= 0.3 is 0 Å². The molecule has 152 valence electrons. The molecule has 0 radical (unpaired) electrons. The zero-order valence-corrected chi connectivity index (χ0v) is 18.0. The van der Waals surface area contributed by atoms with Crippen LogP contribution in [0.5, 0.6) is 0 Å². The third-order valence-electron chi connectivity index (χ3n) is 4.87. The van der Waals surface area contributed by atoms with E-state index in [0.717, 1.165) is 16.5 Å². The van der Waals surface area contributed by atoms with Gasteiger partial charge in [0.25, 0.3) is 0 Å². The van der Waals surface area contributed by atoms with Gasteiger partial charge in [-0.2, -0.15) is 4.37 Å². The van der Waals surface area contributed by atoms with Crippen molar-refractivity contribution in [1.82, 2.24) is 14.7 Å². The zero-order chi connectivity index (χ0) is 20.6. The molecule has 0 fully saturated rings. The maximum atomic E-state index is 12.6. The van der Waals surface area contributed by atoms with Gasteiger partial charge < -0.3 is 10.2 Å². The summed E-state index contributed by atoms with van der Waals surface area (Å²) in [6.07, 6.45) is 0.688. The molecule has 1 unspecified atom stereocenters. The molecular formula is C23H28N4OS. The Morgan fingerprint density at radius 2 is 1.62 bits per heavy atom. The van der Waals surface area contributed by atoms with E-state index in [1.54, 1.807) is 0 Å². The highest BCUT2D eigenvalue weighted by Crippen LogP contribution is 2.21. The third-order valence-corrected chi connectivity index (χ3v) is 5.69. The lowest BCUT2D eigenvalue weighted by atomic mass is 10.1. The predicted molar refractivity (Wildman–Crippen MR) is 119 cm³/mol. The van der Waals surface area contributed by atoms with Gasteiger partial charge in [0.1, 0.15) is 5.82 Å². The van der Waals surface area contributed by atoms with Crippen molar-refractivity contribution in [2.75, 3.05) is 11.4 Å². The summed E-state index contributed by atoms with van der Waals surface area (Å²) in [6, 6.07) is 20.5. The fourth-order valence-electron chi connectivity index (χ4n) is 2.86. The van der Waals surface area contributed by atoms with Crippen molar-refractivity contribution in [2.24, 2.45) is 5.92 Å². The minimum absolute atomic E-state index is 0.00180. The molecule has 5 nitrogen and oxygen atoms in total. The molecule has 0 saturated carbocycles. The van der Waals surface area contributed by atoms with E-state index in [2.05, 4.69) is 47.8 Å². The van der Waals surface area contributed by atoms with Crippen LogP contribution in [0.15, 0.2) is 60.7 Å².